The van der Waals surface area contributed by atoms with Gasteiger partial charge in [0.05, 0.1) is 10.8 Å². The monoisotopic (exact) mass is 315 g/mol. The van der Waals surface area contributed by atoms with Gasteiger partial charge in [-0.3, -0.25) is 4.79 Å². The summed E-state index contributed by atoms with van der Waals surface area (Å²) >= 11 is 6.76. The van der Waals surface area contributed by atoms with E-state index in [1.165, 1.54) is 18.2 Å². The number of aromatic nitrogens is 2. The summed E-state index contributed by atoms with van der Waals surface area (Å²) in [4.78, 5) is 11.7. The van der Waals surface area contributed by atoms with Crippen molar-refractivity contribution in [3.05, 3.63) is 34.9 Å². The van der Waals surface area contributed by atoms with Gasteiger partial charge >= 0.3 is 0 Å². The normalized spacial score (nSPS) is 10.6. The van der Waals surface area contributed by atoms with Gasteiger partial charge in [0.25, 0.3) is 5.22 Å². The Bertz CT molecular complexity index is 620. The van der Waals surface area contributed by atoms with Crippen molar-refractivity contribution in [3.63, 3.8) is 0 Å². The number of nitrogens with one attached hydrogen (secondary N) is 1. The van der Waals surface area contributed by atoms with E-state index in [4.69, 9.17) is 16.0 Å². The quantitative estimate of drug-likeness (QED) is 0.858. The molecule has 2 aromatic rings. The number of carbonyl (C=O) groups excluding carboxylic acids is 1. The van der Waals surface area contributed by atoms with Crippen LogP contribution in [0.2, 0.25) is 5.02 Å². The Kier molecular flexibility index (Phi) is 4.97. The number of benzene rings is 1. The van der Waals surface area contributed by atoms with E-state index in [1.807, 2.05) is 6.92 Å². The summed E-state index contributed by atoms with van der Waals surface area (Å²) in [6, 6.07) is 3.98. The number of nitrogens with zero attached hydrogens (tertiary/aromatic N) is 2. The van der Waals surface area contributed by atoms with Gasteiger partial charge in [-0.05, 0) is 18.2 Å². The minimum atomic E-state index is -0.531. The maximum Gasteiger partial charge on any atom is 0.277 e. The molecule has 0 unspecified atom stereocenters. The smallest absolute Gasteiger partial charge is 0.277 e. The van der Waals surface area contributed by atoms with Crippen LogP contribution in [0.4, 0.5) is 10.1 Å². The van der Waals surface area contributed by atoms with E-state index in [-0.39, 0.29) is 16.7 Å². The van der Waals surface area contributed by atoms with E-state index in [1.54, 1.807) is 0 Å². The molecular formula is C12H11ClFN3O2S. The minimum Gasteiger partial charge on any atom is -0.416 e. The molecule has 0 saturated heterocycles. The molecule has 0 saturated carbocycles. The number of rotatable bonds is 5. The van der Waals surface area contributed by atoms with Gasteiger partial charge in [0.2, 0.25) is 11.8 Å². The third-order valence-corrected chi connectivity index (χ3v) is 3.39. The van der Waals surface area contributed by atoms with E-state index in [2.05, 4.69) is 15.5 Å². The molecule has 8 heteroatoms. The van der Waals surface area contributed by atoms with Crippen LogP contribution in [0.25, 0.3) is 0 Å². The van der Waals surface area contributed by atoms with Gasteiger partial charge in [-0.25, -0.2) is 4.39 Å². The summed E-state index contributed by atoms with van der Waals surface area (Å²) in [6.07, 6.45) is 0.647. The van der Waals surface area contributed by atoms with E-state index < -0.39 is 5.82 Å². The molecule has 0 fully saturated rings. The highest BCUT2D eigenvalue weighted by Gasteiger charge is 2.09. The Hall–Kier alpha value is -1.60. The zero-order valence-electron chi connectivity index (χ0n) is 10.5. The summed E-state index contributed by atoms with van der Waals surface area (Å²) in [7, 11) is 0. The predicted octanol–water partition coefficient (Wildman–Crippen LogP) is 3.16. The molecule has 5 nitrogen and oxygen atoms in total. The zero-order chi connectivity index (χ0) is 14.5. The van der Waals surface area contributed by atoms with Gasteiger partial charge in [-0.15, -0.1) is 10.2 Å². The van der Waals surface area contributed by atoms with Gasteiger partial charge < -0.3 is 9.73 Å². The molecule has 20 heavy (non-hydrogen) atoms. The second kappa shape index (κ2) is 6.71. The van der Waals surface area contributed by atoms with Crippen LogP contribution in [-0.4, -0.2) is 21.9 Å². The van der Waals surface area contributed by atoms with Crippen LogP contribution in [0.3, 0.4) is 0 Å². The number of hydrogen-bond donors (Lipinski definition) is 1. The summed E-state index contributed by atoms with van der Waals surface area (Å²) in [5.41, 5.74) is 0.432. The largest absolute Gasteiger partial charge is 0.416 e. The summed E-state index contributed by atoms with van der Waals surface area (Å²) in [5.74, 6) is -0.162. The number of aryl methyl sites for hydroxylation is 1. The number of thioether (sulfide) groups is 1. The second-order valence-corrected chi connectivity index (χ2v) is 5.11. The number of halogens is 2. The summed E-state index contributed by atoms with van der Waals surface area (Å²) in [6.45, 7) is 1.90. The lowest BCUT2D eigenvalue weighted by atomic mass is 10.3. The lowest BCUT2D eigenvalue weighted by Gasteiger charge is -2.04. The fourth-order valence-electron chi connectivity index (χ4n) is 1.34. The van der Waals surface area contributed by atoms with Crippen molar-refractivity contribution in [2.24, 2.45) is 0 Å². The van der Waals surface area contributed by atoms with E-state index in [0.717, 1.165) is 11.8 Å². The molecule has 0 bridgehead atoms. The van der Waals surface area contributed by atoms with Crippen LogP contribution < -0.4 is 5.32 Å². The first kappa shape index (κ1) is 14.8. The summed E-state index contributed by atoms with van der Waals surface area (Å²) < 4.78 is 18.2. The molecule has 1 aromatic carbocycles. The average Bonchev–Trinajstić information content (AvgIpc) is 2.89. The summed E-state index contributed by atoms with van der Waals surface area (Å²) in [5, 5.41) is 10.5. The number of amides is 1. The van der Waals surface area contributed by atoms with Gasteiger partial charge in [-0.1, -0.05) is 30.3 Å². The Labute approximate surface area is 123 Å². The first-order chi connectivity index (χ1) is 9.58. The topological polar surface area (TPSA) is 68.0 Å². The fourth-order valence-corrected chi connectivity index (χ4v) is 2.10. The standard InChI is InChI=1S/C12H11ClFN3O2S/c1-2-11-16-17-12(19-11)20-6-10(18)15-7-3-4-9(14)8(13)5-7/h3-5H,2,6H2,1H3,(H,15,18). The Balaban J connectivity index is 1.87. The predicted molar refractivity (Wildman–Crippen MR) is 74.4 cm³/mol. The van der Waals surface area contributed by atoms with Gasteiger partial charge in [0.15, 0.2) is 0 Å². The van der Waals surface area contributed by atoms with Crippen LogP contribution >= 0.6 is 23.4 Å². The minimum absolute atomic E-state index is 0.0417. The van der Waals surface area contributed by atoms with E-state index in [0.29, 0.717) is 23.2 Å². The van der Waals surface area contributed by atoms with Crippen molar-refractivity contribution < 1.29 is 13.6 Å². The van der Waals surface area contributed by atoms with Gasteiger partial charge in [0, 0.05) is 12.1 Å². The number of carbonyl (C=O) groups is 1. The Morgan fingerprint density at radius 3 is 2.95 bits per heavy atom. The third-order valence-electron chi connectivity index (χ3n) is 2.28. The molecular weight excluding hydrogens is 305 g/mol. The molecule has 0 aliphatic heterocycles. The molecule has 1 aromatic heterocycles. The fraction of sp³-hybridized carbons (Fsp3) is 0.250. The average molecular weight is 316 g/mol. The Morgan fingerprint density at radius 2 is 2.30 bits per heavy atom. The molecule has 1 N–H and O–H groups in total. The Morgan fingerprint density at radius 1 is 1.50 bits per heavy atom. The highest BCUT2D eigenvalue weighted by molar-refractivity contribution is 7.99. The van der Waals surface area contributed by atoms with Gasteiger partial charge in [0.1, 0.15) is 5.82 Å². The maximum absolute atomic E-state index is 13.0. The zero-order valence-corrected chi connectivity index (χ0v) is 12.1. The van der Waals surface area contributed by atoms with E-state index >= 15 is 0 Å². The van der Waals surface area contributed by atoms with Crippen molar-refractivity contribution in [2.45, 2.75) is 18.6 Å². The highest BCUT2D eigenvalue weighted by Crippen LogP contribution is 2.20. The lowest BCUT2D eigenvalue weighted by Crippen LogP contribution is -2.14. The maximum atomic E-state index is 13.0. The molecule has 1 amide bonds. The van der Waals surface area contributed by atoms with E-state index in [9.17, 15) is 9.18 Å². The molecule has 0 radical (unpaired) electrons. The molecule has 0 aliphatic carbocycles. The SMILES string of the molecule is CCc1nnc(SCC(=O)Nc2ccc(F)c(Cl)c2)o1. The van der Waals surface area contributed by atoms with Crippen molar-refractivity contribution in [2.75, 3.05) is 11.1 Å². The molecule has 0 spiro atoms. The first-order valence-electron chi connectivity index (χ1n) is 5.78. The van der Waals surface area contributed by atoms with Crippen molar-refractivity contribution in [3.8, 4) is 0 Å². The van der Waals surface area contributed by atoms with Crippen LogP contribution in [-0.2, 0) is 11.2 Å². The molecule has 0 atom stereocenters. The highest BCUT2D eigenvalue weighted by atomic mass is 35.5. The lowest BCUT2D eigenvalue weighted by molar-refractivity contribution is -0.113. The van der Waals surface area contributed by atoms with Crippen LogP contribution in [0.1, 0.15) is 12.8 Å². The molecule has 2 rings (SSSR count). The third kappa shape index (κ3) is 3.94. The van der Waals surface area contributed by atoms with Crippen LogP contribution in [0.15, 0.2) is 27.8 Å². The molecule has 1 heterocycles. The van der Waals surface area contributed by atoms with Crippen LogP contribution in [0, 0.1) is 5.82 Å². The van der Waals surface area contributed by atoms with Crippen LogP contribution in [0.5, 0.6) is 0 Å². The molecule has 0 aliphatic rings. The first-order valence-corrected chi connectivity index (χ1v) is 7.15. The number of hydrogen-bond acceptors (Lipinski definition) is 5. The van der Waals surface area contributed by atoms with Crippen molar-refractivity contribution in [1.82, 2.24) is 10.2 Å². The second-order valence-electron chi connectivity index (χ2n) is 3.78. The number of anilines is 1. The molecule has 106 valence electrons. The van der Waals surface area contributed by atoms with Crippen molar-refractivity contribution in [1.29, 1.82) is 0 Å². The van der Waals surface area contributed by atoms with Gasteiger partial charge in [-0.2, -0.15) is 0 Å². The van der Waals surface area contributed by atoms with Crippen molar-refractivity contribution >= 4 is 35.0 Å².